The number of benzene rings is 1. The Morgan fingerprint density at radius 2 is 2.19 bits per heavy atom. The Labute approximate surface area is 103 Å². The lowest BCUT2D eigenvalue weighted by atomic mass is 10.1. The molecule has 0 aliphatic heterocycles. The van der Waals surface area contributed by atoms with Gasteiger partial charge < -0.3 is 10.5 Å². The third-order valence-corrected chi connectivity index (χ3v) is 4.06. The molecule has 0 radical (unpaired) electrons. The van der Waals surface area contributed by atoms with E-state index < -0.39 is 0 Å². The Bertz CT molecular complexity index is 328. The topological polar surface area (TPSA) is 35.2 Å². The summed E-state index contributed by atoms with van der Waals surface area (Å²) in [7, 11) is 1.72. The molecule has 0 amide bonds. The van der Waals surface area contributed by atoms with Crippen LogP contribution in [-0.2, 0) is 12.3 Å². The molecule has 0 saturated carbocycles. The summed E-state index contributed by atoms with van der Waals surface area (Å²) >= 11 is 1.96. The Balaban J connectivity index is 2.75. The molecular weight excluding hydrogens is 218 g/mol. The molecule has 0 bridgehead atoms. The van der Waals surface area contributed by atoms with Crippen molar-refractivity contribution in [1.82, 2.24) is 0 Å². The van der Waals surface area contributed by atoms with E-state index in [9.17, 15) is 0 Å². The van der Waals surface area contributed by atoms with Gasteiger partial charge in [-0.2, -0.15) is 11.8 Å². The highest BCUT2D eigenvalue weighted by molar-refractivity contribution is 7.99. The Morgan fingerprint density at radius 1 is 1.44 bits per heavy atom. The van der Waals surface area contributed by atoms with Crippen molar-refractivity contribution >= 4 is 11.8 Å². The van der Waals surface area contributed by atoms with E-state index in [0.717, 1.165) is 11.5 Å². The minimum Gasteiger partial charge on any atom is -0.496 e. The first-order valence-electron chi connectivity index (χ1n) is 5.68. The van der Waals surface area contributed by atoms with Crippen molar-refractivity contribution in [2.45, 2.75) is 37.8 Å². The molecule has 0 saturated heterocycles. The van der Waals surface area contributed by atoms with Gasteiger partial charge in [0.1, 0.15) is 5.75 Å². The molecule has 16 heavy (non-hydrogen) atoms. The fourth-order valence-electron chi connectivity index (χ4n) is 1.42. The first-order valence-corrected chi connectivity index (χ1v) is 6.73. The van der Waals surface area contributed by atoms with E-state index in [4.69, 9.17) is 10.5 Å². The molecular formula is C13H21NOS. The van der Waals surface area contributed by atoms with Crippen molar-refractivity contribution in [2.24, 2.45) is 5.73 Å². The van der Waals surface area contributed by atoms with E-state index >= 15 is 0 Å². The molecule has 0 fully saturated rings. The second kappa shape index (κ2) is 6.81. The largest absolute Gasteiger partial charge is 0.496 e. The standard InChI is InChI=1S/C13H21NOS/c1-4-10(2)16-9-12-7-11(8-14)5-6-13(12)15-3/h5-7,10H,4,8-9,14H2,1-3H3. The van der Waals surface area contributed by atoms with Crippen LogP contribution >= 0.6 is 11.8 Å². The zero-order valence-electron chi connectivity index (χ0n) is 10.3. The third-order valence-electron chi connectivity index (χ3n) is 2.68. The quantitative estimate of drug-likeness (QED) is 0.828. The maximum atomic E-state index is 5.64. The maximum absolute atomic E-state index is 5.64. The average Bonchev–Trinajstić information content (AvgIpc) is 2.35. The number of methoxy groups -OCH3 is 1. The van der Waals surface area contributed by atoms with E-state index in [2.05, 4.69) is 19.9 Å². The van der Waals surface area contributed by atoms with Crippen LogP contribution in [-0.4, -0.2) is 12.4 Å². The Kier molecular flexibility index (Phi) is 5.71. The summed E-state index contributed by atoms with van der Waals surface area (Å²) in [6.07, 6.45) is 1.20. The van der Waals surface area contributed by atoms with Crippen molar-refractivity contribution in [3.05, 3.63) is 29.3 Å². The van der Waals surface area contributed by atoms with Crippen LogP contribution in [0.15, 0.2) is 18.2 Å². The molecule has 1 atom stereocenters. The van der Waals surface area contributed by atoms with Gasteiger partial charge in [0.2, 0.25) is 0 Å². The fraction of sp³-hybridized carbons (Fsp3) is 0.538. The van der Waals surface area contributed by atoms with Crippen LogP contribution in [0.4, 0.5) is 0 Å². The summed E-state index contributed by atoms with van der Waals surface area (Å²) in [6.45, 7) is 5.06. The van der Waals surface area contributed by atoms with Gasteiger partial charge in [0, 0.05) is 23.1 Å². The summed E-state index contributed by atoms with van der Waals surface area (Å²) in [4.78, 5) is 0. The van der Waals surface area contributed by atoms with Gasteiger partial charge in [0.25, 0.3) is 0 Å². The molecule has 2 nitrogen and oxygen atoms in total. The predicted molar refractivity (Wildman–Crippen MR) is 71.9 cm³/mol. The summed E-state index contributed by atoms with van der Waals surface area (Å²) in [6, 6.07) is 6.18. The molecule has 1 unspecified atom stereocenters. The SMILES string of the molecule is CCC(C)SCc1cc(CN)ccc1OC. The van der Waals surface area contributed by atoms with Crippen molar-refractivity contribution in [2.75, 3.05) is 7.11 Å². The van der Waals surface area contributed by atoms with Crippen LogP contribution in [0.1, 0.15) is 31.4 Å². The van der Waals surface area contributed by atoms with Gasteiger partial charge in [-0.3, -0.25) is 0 Å². The molecule has 0 aromatic heterocycles. The summed E-state index contributed by atoms with van der Waals surface area (Å²) in [5, 5.41) is 0.686. The molecule has 1 aromatic carbocycles. The van der Waals surface area contributed by atoms with Gasteiger partial charge >= 0.3 is 0 Å². The van der Waals surface area contributed by atoms with Gasteiger partial charge in [-0.05, 0) is 24.1 Å². The predicted octanol–water partition coefficient (Wildman–Crippen LogP) is 3.19. The average molecular weight is 239 g/mol. The lowest BCUT2D eigenvalue weighted by Gasteiger charge is -2.12. The van der Waals surface area contributed by atoms with Crippen molar-refractivity contribution in [3.8, 4) is 5.75 Å². The maximum Gasteiger partial charge on any atom is 0.122 e. The molecule has 90 valence electrons. The highest BCUT2D eigenvalue weighted by Crippen LogP contribution is 2.27. The molecule has 0 aliphatic rings. The minimum atomic E-state index is 0.588. The van der Waals surface area contributed by atoms with Gasteiger partial charge in [-0.15, -0.1) is 0 Å². The summed E-state index contributed by atoms with van der Waals surface area (Å²) in [5.74, 6) is 1.96. The molecule has 1 aromatic rings. The number of nitrogens with two attached hydrogens (primary N) is 1. The van der Waals surface area contributed by atoms with Gasteiger partial charge in [0.15, 0.2) is 0 Å². The Hall–Kier alpha value is -0.670. The highest BCUT2D eigenvalue weighted by Gasteiger charge is 2.06. The lowest BCUT2D eigenvalue weighted by molar-refractivity contribution is 0.411. The van der Waals surface area contributed by atoms with Crippen LogP contribution in [0, 0.1) is 0 Å². The van der Waals surface area contributed by atoms with E-state index in [1.54, 1.807) is 7.11 Å². The van der Waals surface area contributed by atoms with E-state index in [0.29, 0.717) is 11.8 Å². The minimum absolute atomic E-state index is 0.588. The number of thioether (sulfide) groups is 1. The Morgan fingerprint density at radius 3 is 2.75 bits per heavy atom. The number of hydrogen-bond donors (Lipinski definition) is 1. The van der Waals surface area contributed by atoms with E-state index in [1.165, 1.54) is 17.5 Å². The third kappa shape index (κ3) is 3.72. The molecule has 2 N–H and O–H groups in total. The van der Waals surface area contributed by atoms with Gasteiger partial charge in [-0.1, -0.05) is 19.9 Å². The summed E-state index contributed by atoms with van der Waals surface area (Å²) < 4.78 is 5.36. The second-order valence-corrected chi connectivity index (χ2v) is 5.31. The zero-order valence-corrected chi connectivity index (χ0v) is 11.1. The molecule has 0 aliphatic carbocycles. The van der Waals surface area contributed by atoms with Crippen LogP contribution in [0.25, 0.3) is 0 Å². The molecule has 0 spiro atoms. The van der Waals surface area contributed by atoms with Crippen LogP contribution in [0.2, 0.25) is 0 Å². The molecule has 3 heteroatoms. The molecule has 1 rings (SSSR count). The lowest BCUT2D eigenvalue weighted by Crippen LogP contribution is -2.00. The normalized spacial score (nSPS) is 12.5. The van der Waals surface area contributed by atoms with Crippen molar-refractivity contribution in [3.63, 3.8) is 0 Å². The van der Waals surface area contributed by atoms with E-state index in [1.807, 2.05) is 23.9 Å². The molecule has 0 heterocycles. The second-order valence-electron chi connectivity index (χ2n) is 3.88. The zero-order chi connectivity index (χ0) is 12.0. The fourth-order valence-corrected chi connectivity index (χ4v) is 2.35. The van der Waals surface area contributed by atoms with Crippen LogP contribution in [0.3, 0.4) is 0 Å². The first kappa shape index (κ1) is 13.4. The van der Waals surface area contributed by atoms with Crippen LogP contribution in [0.5, 0.6) is 5.75 Å². The van der Waals surface area contributed by atoms with Crippen LogP contribution < -0.4 is 10.5 Å². The van der Waals surface area contributed by atoms with Gasteiger partial charge in [-0.25, -0.2) is 0 Å². The van der Waals surface area contributed by atoms with Gasteiger partial charge in [0.05, 0.1) is 7.11 Å². The smallest absolute Gasteiger partial charge is 0.122 e. The number of rotatable bonds is 6. The summed E-state index contributed by atoms with van der Waals surface area (Å²) in [5.41, 5.74) is 8.06. The number of ether oxygens (including phenoxy) is 1. The van der Waals surface area contributed by atoms with E-state index in [-0.39, 0.29) is 0 Å². The van der Waals surface area contributed by atoms with Crippen molar-refractivity contribution < 1.29 is 4.74 Å². The van der Waals surface area contributed by atoms with Crippen molar-refractivity contribution in [1.29, 1.82) is 0 Å². The first-order chi connectivity index (χ1) is 7.71. The number of hydrogen-bond acceptors (Lipinski definition) is 3. The highest BCUT2D eigenvalue weighted by atomic mass is 32.2. The monoisotopic (exact) mass is 239 g/mol.